The van der Waals surface area contributed by atoms with Crippen LogP contribution in [0.15, 0.2) is 30.3 Å². The van der Waals surface area contributed by atoms with Crippen molar-refractivity contribution >= 4 is 41.7 Å². The Morgan fingerprint density at radius 3 is 2.11 bits per heavy atom. The van der Waals surface area contributed by atoms with Gasteiger partial charge in [0.1, 0.15) is 9.84 Å². The Morgan fingerprint density at radius 2 is 1.67 bits per heavy atom. The highest BCUT2D eigenvalue weighted by Gasteiger charge is 2.31. The van der Waals surface area contributed by atoms with Crippen LogP contribution in [0.5, 0.6) is 0 Å². The third kappa shape index (κ3) is 4.07. The molecule has 0 aliphatic rings. The Balaban J connectivity index is 2.95. The number of hydrogen-bond donors (Lipinski definition) is 0. The highest BCUT2D eigenvalue weighted by Crippen LogP contribution is 2.32. The van der Waals surface area contributed by atoms with Gasteiger partial charge in [0, 0.05) is 21.8 Å². The molecule has 0 atom stereocenters. The van der Waals surface area contributed by atoms with Crippen LogP contribution in [0.4, 0.5) is 0 Å². The van der Waals surface area contributed by atoms with Crippen molar-refractivity contribution in [3.8, 4) is 0 Å². The van der Waals surface area contributed by atoms with Crippen molar-refractivity contribution in [1.29, 1.82) is 0 Å². The molecule has 0 unspecified atom stereocenters. The predicted molar refractivity (Wildman–Crippen MR) is 84.7 cm³/mol. The summed E-state index contributed by atoms with van der Waals surface area (Å²) in [5, 5.41) is 1.49. The van der Waals surface area contributed by atoms with E-state index in [1.54, 1.807) is 6.92 Å². The molecular weight excluding hydrogens is 380 g/mol. The van der Waals surface area contributed by atoms with E-state index in [9.17, 15) is 8.42 Å². The van der Waals surface area contributed by atoms with Gasteiger partial charge >= 0.3 is 0 Å². The molecule has 0 saturated carbocycles. The van der Waals surface area contributed by atoms with E-state index in [0.29, 0.717) is 6.42 Å². The molecule has 0 aliphatic heterocycles. The van der Waals surface area contributed by atoms with Gasteiger partial charge < -0.3 is 0 Å². The summed E-state index contributed by atoms with van der Waals surface area (Å²) in [7, 11) is -2.92. The SMILES string of the molecule is CCS(=O)(=O)CCC(CBr)(CBr)c1ccccc1. The van der Waals surface area contributed by atoms with Gasteiger partial charge in [-0.15, -0.1) is 0 Å². The van der Waals surface area contributed by atoms with Crippen LogP contribution in [0, 0.1) is 0 Å². The zero-order chi connectivity index (χ0) is 13.6. The van der Waals surface area contributed by atoms with Crippen LogP contribution in [-0.4, -0.2) is 30.6 Å². The third-order valence-electron chi connectivity index (χ3n) is 3.23. The highest BCUT2D eigenvalue weighted by molar-refractivity contribution is 9.09. The van der Waals surface area contributed by atoms with Gasteiger partial charge in [-0.3, -0.25) is 0 Å². The summed E-state index contributed by atoms with van der Waals surface area (Å²) in [6.45, 7) is 1.70. The van der Waals surface area contributed by atoms with Crippen LogP contribution in [0.3, 0.4) is 0 Å². The Hall–Kier alpha value is 0.130. The van der Waals surface area contributed by atoms with Crippen LogP contribution in [0.1, 0.15) is 18.9 Å². The summed E-state index contributed by atoms with van der Waals surface area (Å²) in [5.41, 5.74) is 1.01. The van der Waals surface area contributed by atoms with E-state index in [1.165, 1.54) is 5.56 Å². The molecule has 0 aromatic heterocycles. The maximum Gasteiger partial charge on any atom is 0.150 e. The normalized spacial score (nSPS) is 12.6. The number of benzene rings is 1. The first-order chi connectivity index (χ1) is 8.49. The lowest BCUT2D eigenvalue weighted by molar-refractivity contribution is 0.523. The molecule has 0 saturated heterocycles. The Bertz CT molecular complexity index is 453. The summed E-state index contributed by atoms with van der Waals surface area (Å²) >= 11 is 7.07. The molecule has 102 valence electrons. The molecule has 0 aliphatic carbocycles. The average molecular weight is 398 g/mol. The average Bonchev–Trinajstić information content (AvgIpc) is 2.42. The fraction of sp³-hybridized carbons (Fsp3) is 0.538. The Labute approximate surface area is 126 Å². The number of rotatable bonds is 7. The van der Waals surface area contributed by atoms with Crippen LogP contribution < -0.4 is 0 Å². The minimum Gasteiger partial charge on any atom is -0.229 e. The van der Waals surface area contributed by atoms with Crippen molar-refractivity contribution in [2.45, 2.75) is 18.8 Å². The first-order valence-corrected chi connectivity index (χ1v) is 9.94. The lowest BCUT2D eigenvalue weighted by Crippen LogP contribution is -2.33. The molecule has 0 fully saturated rings. The van der Waals surface area contributed by atoms with Crippen molar-refractivity contribution in [2.75, 3.05) is 22.2 Å². The van der Waals surface area contributed by atoms with Gasteiger partial charge in [-0.25, -0.2) is 8.42 Å². The molecule has 2 nitrogen and oxygen atoms in total. The summed E-state index contributed by atoms with van der Waals surface area (Å²) in [6, 6.07) is 10.1. The first-order valence-electron chi connectivity index (χ1n) is 5.87. The van der Waals surface area contributed by atoms with Gasteiger partial charge in [0.25, 0.3) is 0 Å². The van der Waals surface area contributed by atoms with Gasteiger partial charge in [-0.2, -0.15) is 0 Å². The third-order valence-corrected chi connectivity index (χ3v) is 7.08. The van der Waals surface area contributed by atoms with Crippen molar-refractivity contribution in [2.24, 2.45) is 0 Å². The van der Waals surface area contributed by atoms with E-state index in [0.717, 1.165) is 10.7 Å². The predicted octanol–water partition coefficient (Wildman–Crippen LogP) is 3.54. The molecule has 0 amide bonds. The largest absolute Gasteiger partial charge is 0.229 e. The van der Waals surface area contributed by atoms with E-state index in [1.807, 2.05) is 18.2 Å². The molecule has 0 bridgehead atoms. The number of alkyl halides is 2. The monoisotopic (exact) mass is 396 g/mol. The summed E-state index contributed by atoms with van der Waals surface area (Å²) in [5.74, 6) is 0.442. The van der Waals surface area contributed by atoms with Gasteiger partial charge in [-0.05, 0) is 12.0 Å². The summed E-state index contributed by atoms with van der Waals surface area (Å²) in [6.07, 6.45) is 0.629. The molecule has 1 rings (SSSR count). The molecular formula is C13H18Br2O2S. The van der Waals surface area contributed by atoms with E-state index in [-0.39, 0.29) is 16.9 Å². The number of hydrogen-bond acceptors (Lipinski definition) is 2. The Kier molecular flexibility index (Phi) is 6.35. The molecule has 0 spiro atoms. The van der Waals surface area contributed by atoms with Crippen molar-refractivity contribution in [1.82, 2.24) is 0 Å². The summed E-state index contributed by atoms with van der Waals surface area (Å²) < 4.78 is 23.4. The van der Waals surface area contributed by atoms with Crippen molar-refractivity contribution < 1.29 is 8.42 Å². The van der Waals surface area contributed by atoms with Crippen LogP contribution >= 0.6 is 31.9 Å². The summed E-state index contributed by atoms with van der Waals surface area (Å²) in [4.78, 5) is 0. The second-order valence-corrected chi connectivity index (χ2v) is 7.99. The quantitative estimate of drug-likeness (QED) is 0.659. The van der Waals surface area contributed by atoms with Crippen LogP contribution in [0.25, 0.3) is 0 Å². The van der Waals surface area contributed by atoms with E-state index < -0.39 is 9.84 Å². The smallest absolute Gasteiger partial charge is 0.150 e. The molecule has 18 heavy (non-hydrogen) atoms. The van der Waals surface area contributed by atoms with E-state index in [4.69, 9.17) is 0 Å². The standard InChI is InChI=1S/C13H18Br2O2S/c1-2-18(16,17)9-8-13(10-14,11-15)12-6-4-3-5-7-12/h3-7H,2,8-11H2,1H3. The number of halogens is 2. The van der Waals surface area contributed by atoms with Crippen molar-refractivity contribution in [3.05, 3.63) is 35.9 Å². The van der Waals surface area contributed by atoms with Gasteiger partial charge in [0.05, 0.1) is 5.75 Å². The fourth-order valence-corrected chi connectivity index (χ4v) is 4.88. The second kappa shape index (κ2) is 7.06. The van der Waals surface area contributed by atoms with Crippen LogP contribution in [-0.2, 0) is 15.3 Å². The zero-order valence-electron chi connectivity index (χ0n) is 10.4. The Morgan fingerprint density at radius 1 is 1.11 bits per heavy atom. The van der Waals surface area contributed by atoms with Gasteiger partial charge in [-0.1, -0.05) is 69.1 Å². The molecule has 5 heteroatoms. The number of sulfone groups is 1. The first kappa shape index (κ1) is 16.2. The maximum atomic E-state index is 11.7. The van der Waals surface area contributed by atoms with E-state index >= 15 is 0 Å². The van der Waals surface area contributed by atoms with Crippen molar-refractivity contribution in [3.63, 3.8) is 0 Å². The zero-order valence-corrected chi connectivity index (χ0v) is 14.4. The van der Waals surface area contributed by atoms with E-state index in [2.05, 4.69) is 44.0 Å². The van der Waals surface area contributed by atoms with Crippen LogP contribution in [0.2, 0.25) is 0 Å². The van der Waals surface area contributed by atoms with Gasteiger partial charge in [0.2, 0.25) is 0 Å². The minimum atomic E-state index is -2.92. The second-order valence-electron chi connectivity index (χ2n) is 4.40. The molecule has 0 radical (unpaired) electrons. The maximum absolute atomic E-state index is 11.7. The topological polar surface area (TPSA) is 34.1 Å². The lowest BCUT2D eigenvalue weighted by Gasteiger charge is -2.30. The molecule has 0 heterocycles. The molecule has 1 aromatic carbocycles. The molecule has 1 aromatic rings. The molecule has 0 N–H and O–H groups in total. The lowest BCUT2D eigenvalue weighted by atomic mass is 9.82. The fourth-order valence-electron chi connectivity index (χ4n) is 1.75. The highest BCUT2D eigenvalue weighted by atomic mass is 79.9. The van der Waals surface area contributed by atoms with Gasteiger partial charge in [0.15, 0.2) is 0 Å². The minimum absolute atomic E-state index is 0.163.